The molecule has 0 heterocycles. The summed E-state index contributed by atoms with van der Waals surface area (Å²) in [6.07, 6.45) is 6.76. The molecule has 0 aliphatic heterocycles. The van der Waals surface area contributed by atoms with Gasteiger partial charge in [-0.2, -0.15) is 0 Å². The molecule has 39 heavy (non-hydrogen) atoms. The van der Waals surface area contributed by atoms with E-state index in [2.05, 4.69) is 74.2 Å². The second-order valence-electron chi connectivity index (χ2n) is 9.09. The van der Waals surface area contributed by atoms with Gasteiger partial charge >= 0.3 is 0 Å². The third kappa shape index (κ3) is 13.3. The number of hydrogen-bond acceptors (Lipinski definition) is 4. The third-order valence-corrected chi connectivity index (χ3v) is 5.72. The largest absolute Gasteiger partial charge is 0.378 e. The number of carbonyl (C=O) groups is 1. The summed E-state index contributed by atoms with van der Waals surface area (Å²) in [5.41, 5.74) is 13.7. The van der Waals surface area contributed by atoms with Gasteiger partial charge in [-0.15, -0.1) is 0 Å². The number of carbonyl (C=O) groups excluding carboxylic acids is 1. The van der Waals surface area contributed by atoms with Gasteiger partial charge in [0.05, 0.1) is 6.04 Å². The van der Waals surface area contributed by atoms with Crippen molar-refractivity contribution in [2.24, 2.45) is 11.7 Å². The Balaban J connectivity index is 0. The van der Waals surface area contributed by atoms with Crippen molar-refractivity contribution < 1.29 is 4.79 Å². The van der Waals surface area contributed by atoms with E-state index in [0.29, 0.717) is 23.4 Å². The summed E-state index contributed by atoms with van der Waals surface area (Å²) >= 11 is 0. The molecule has 0 saturated carbocycles. The lowest BCUT2D eigenvalue weighted by Crippen LogP contribution is -2.21. The van der Waals surface area contributed by atoms with Gasteiger partial charge in [0.1, 0.15) is 0 Å². The lowest BCUT2D eigenvalue weighted by Gasteiger charge is -2.22. The summed E-state index contributed by atoms with van der Waals surface area (Å²) in [6.45, 7) is 36.4. The molecule has 1 aromatic rings. The predicted octanol–water partition coefficient (Wildman–Crippen LogP) is 8.95. The summed E-state index contributed by atoms with van der Waals surface area (Å²) in [5, 5.41) is 6.75. The Bertz CT molecular complexity index is 1050. The van der Waals surface area contributed by atoms with Crippen molar-refractivity contribution in [1.29, 1.82) is 0 Å². The van der Waals surface area contributed by atoms with Gasteiger partial charge < -0.3 is 16.4 Å². The smallest absolute Gasteiger partial charge is 0.156 e. The van der Waals surface area contributed by atoms with Crippen molar-refractivity contribution in [2.75, 3.05) is 6.54 Å². The van der Waals surface area contributed by atoms with Crippen molar-refractivity contribution in [3.63, 3.8) is 0 Å². The van der Waals surface area contributed by atoms with Crippen LogP contribution >= 0.6 is 0 Å². The minimum atomic E-state index is -0.152. The number of nitrogens with two attached hydrogens (primary N) is 1. The summed E-state index contributed by atoms with van der Waals surface area (Å²) in [6, 6.07) is 8.41. The van der Waals surface area contributed by atoms with Crippen LogP contribution in [-0.4, -0.2) is 12.3 Å². The highest BCUT2D eigenvalue weighted by Crippen LogP contribution is 2.27. The molecule has 0 fully saturated rings. The molecule has 0 saturated heterocycles. The molecule has 0 aliphatic carbocycles. The van der Waals surface area contributed by atoms with Gasteiger partial charge in [-0.25, -0.2) is 0 Å². The van der Waals surface area contributed by atoms with Crippen molar-refractivity contribution >= 4 is 11.5 Å². The second-order valence-corrected chi connectivity index (χ2v) is 9.09. The minimum absolute atomic E-state index is 0.00205. The van der Waals surface area contributed by atoms with Crippen LogP contribution < -0.4 is 16.4 Å². The number of benzene rings is 1. The highest BCUT2D eigenvalue weighted by Gasteiger charge is 2.18. The Labute approximate surface area is 240 Å². The van der Waals surface area contributed by atoms with Crippen LogP contribution in [0.2, 0.25) is 0 Å². The number of hydrogen-bond donors (Lipinski definition) is 3. The van der Waals surface area contributed by atoms with E-state index in [1.54, 1.807) is 6.92 Å². The normalized spacial score (nSPS) is 12.3. The highest BCUT2D eigenvalue weighted by molar-refractivity contribution is 5.95. The maximum absolute atomic E-state index is 12.5. The average molecular weight is 534 g/mol. The van der Waals surface area contributed by atoms with Crippen molar-refractivity contribution in [3.8, 4) is 0 Å². The lowest BCUT2D eigenvalue weighted by molar-refractivity contribution is -0.113. The molecule has 0 spiro atoms. The van der Waals surface area contributed by atoms with E-state index < -0.39 is 0 Å². The first-order chi connectivity index (χ1) is 18.4. The Kier molecular flexibility index (Phi) is 19.9. The quantitative estimate of drug-likeness (QED) is 0.127. The maximum atomic E-state index is 12.5. The first kappa shape index (κ1) is 37.8. The number of Topliss-reactive ketones (excluding diaryl/α,β-unsaturated/α-hetero) is 1. The van der Waals surface area contributed by atoms with E-state index in [4.69, 9.17) is 5.73 Å². The monoisotopic (exact) mass is 533 g/mol. The lowest BCUT2D eigenvalue weighted by atomic mass is 9.87. The summed E-state index contributed by atoms with van der Waals surface area (Å²) in [4.78, 5) is 12.5. The molecule has 4 nitrogen and oxygen atoms in total. The molecule has 4 N–H and O–H groups in total. The van der Waals surface area contributed by atoms with Gasteiger partial charge in [-0.05, 0) is 63.8 Å². The molecule has 1 rings (SSSR count). The Morgan fingerprint density at radius 3 is 1.90 bits per heavy atom. The number of rotatable bonds is 14. The highest BCUT2D eigenvalue weighted by atomic mass is 16.1. The molecule has 0 radical (unpaired) electrons. The van der Waals surface area contributed by atoms with E-state index in [0.717, 1.165) is 40.1 Å². The van der Waals surface area contributed by atoms with Crippen LogP contribution in [0.3, 0.4) is 0 Å². The molecule has 0 aromatic heterocycles. The van der Waals surface area contributed by atoms with E-state index in [1.165, 1.54) is 0 Å². The molecule has 0 bridgehead atoms. The third-order valence-electron chi connectivity index (χ3n) is 5.72. The zero-order chi connectivity index (χ0) is 30.7. The SMILES string of the molecule is C=C(CN)N/C(=C\C)c1ccc([C@H](CC)NC(=C)C(=C)/C=C(/C(C)=O)C(C=C(C)C)C(=C)C)cc1.CC.CC. The molecule has 1 aromatic carbocycles. The maximum Gasteiger partial charge on any atom is 0.156 e. The first-order valence-electron chi connectivity index (χ1n) is 14.0. The van der Waals surface area contributed by atoms with Gasteiger partial charge in [-0.3, -0.25) is 4.79 Å². The molecule has 0 amide bonds. The van der Waals surface area contributed by atoms with Crippen molar-refractivity contribution in [2.45, 2.75) is 81.7 Å². The minimum Gasteiger partial charge on any atom is -0.378 e. The van der Waals surface area contributed by atoms with Crippen LogP contribution in [0.15, 0.2) is 102 Å². The Morgan fingerprint density at radius 1 is 0.974 bits per heavy atom. The topological polar surface area (TPSA) is 67.2 Å². The van der Waals surface area contributed by atoms with Crippen molar-refractivity contribution in [1.82, 2.24) is 10.6 Å². The van der Waals surface area contributed by atoms with Crippen LogP contribution in [0.25, 0.3) is 5.70 Å². The summed E-state index contributed by atoms with van der Waals surface area (Å²) in [5.74, 6) is -0.154. The molecule has 4 heteroatoms. The summed E-state index contributed by atoms with van der Waals surface area (Å²) < 4.78 is 0. The second kappa shape index (κ2) is 20.6. The van der Waals surface area contributed by atoms with Crippen LogP contribution in [0.4, 0.5) is 0 Å². The number of ketones is 1. The fraction of sp³-hybridized carbons (Fsp3) is 0.400. The standard InChI is InChI=1S/C31H43N3O.2C2H6/c1-11-30(33-23(8)19-32)26-13-15-27(16-14-26)31(12-2)34-24(9)22(7)18-29(25(10)35)28(21(5)6)17-20(3)4;2*1-2/h11,13-18,28,31,33-34H,5,7-9,12,19,32H2,1-4,6,10H3;2*1-2H3/b29-18-,30-11-;;/t28?,31-;;/m0../s1. The van der Waals surface area contributed by atoms with Gasteiger partial charge in [0.15, 0.2) is 5.78 Å². The van der Waals surface area contributed by atoms with Gasteiger partial charge in [-0.1, -0.05) is 108 Å². The number of allylic oxidation sites excluding steroid dienone is 6. The Hall–Kier alpha value is -3.37. The molecule has 216 valence electrons. The van der Waals surface area contributed by atoms with E-state index >= 15 is 0 Å². The fourth-order valence-corrected chi connectivity index (χ4v) is 3.69. The number of nitrogens with one attached hydrogen (secondary N) is 2. The first-order valence-corrected chi connectivity index (χ1v) is 14.0. The molecular weight excluding hydrogens is 478 g/mol. The zero-order valence-corrected chi connectivity index (χ0v) is 26.4. The van der Waals surface area contributed by atoms with Crippen molar-refractivity contribution in [3.05, 3.63) is 114 Å². The van der Waals surface area contributed by atoms with E-state index in [1.807, 2.05) is 67.5 Å². The predicted molar refractivity (Wildman–Crippen MR) is 175 cm³/mol. The molecule has 0 aliphatic rings. The van der Waals surface area contributed by atoms with Gasteiger partial charge in [0.2, 0.25) is 0 Å². The molecule has 2 atom stereocenters. The van der Waals surface area contributed by atoms with E-state index in [-0.39, 0.29) is 17.7 Å². The average Bonchev–Trinajstić information content (AvgIpc) is 2.93. The van der Waals surface area contributed by atoms with Crippen LogP contribution in [0, 0.1) is 5.92 Å². The van der Waals surface area contributed by atoms with Crippen LogP contribution in [0.5, 0.6) is 0 Å². The van der Waals surface area contributed by atoms with E-state index in [9.17, 15) is 4.79 Å². The Morgan fingerprint density at radius 2 is 1.51 bits per heavy atom. The van der Waals surface area contributed by atoms with Gasteiger partial charge in [0, 0.05) is 35.1 Å². The molecule has 1 unspecified atom stereocenters. The summed E-state index contributed by atoms with van der Waals surface area (Å²) in [7, 11) is 0. The fourth-order valence-electron chi connectivity index (χ4n) is 3.69. The van der Waals surface area contributed by atoms with Crippen LogP contribution in [0.1, 0.15) is 92.8 Å². The van der Waals surface area contributed by atoms with Crippen LogP contribution in [-0.2, 0) is 4.79 Å². The molecular formula is C35H55N3O. The zero-order valence-electron chi connectivity index (χ0n) is 26.4. The van der Waals surface area contributed by atoms with Gasteiger partial charge in [0.25, 0.3) is 0 Å².